The summed E-state index contributed by atoms with van der Waals surface area (Å²) >= 11 is 0. The van der Waals surface area contributed by atoms with Gasteiger partial charge in [0.25, 0.3) is 5.91 Å². The second kappa shape index (κ2) is 8.71. The first kappa shape index (κ1) is 16.7. The Kier molecular flexibility index (Phi) is 6.62. The maximum absolute atomic E-state index is 12.5. The van der Waals surface area contributed by atoms with Gasteiger partial charge in [0.05, 0.1) is 5.56 Å². The number of amides is 1. The molecule has 0 saturated carbocycles. The highest BCUT2D eigenvalue weighted by Crippen LogP contribution is 2.15. The molecule has 1 aromatic rings. The minimum atomic E-state index is 0.0473. The highest BCUT2D eigenvalue weighted by molar-refractivity contribution is 5.93. The third kappa shape index (κ3) is 4.42. The molecule has 1 saturated heterocycles. The highest BCUT2D eigenvalue weighted by atomic mass is 16.2. The number of nitrogens with zero attached hydrogens (tertiary/aromatic N) is 4. The minimum absolute atomic E-state index is 0.0473. The van der Waals surface area contributed by atoms with Crippen LogP contribution in [-0.2, 0) is 0 Å². The summed E-state index contributed by atoms with van der Waals surface area (Å²) in [6, 6.07) is 0. The Morgan fingerprint density at radius 3 is 2.09 bits per heavy atom. The van der Waals surface area contributed by atoms with Crippen LogP contribution in [0.25, 0.3) is 0 Å². The topological polar surface area (TPSA) is 49.3 Å². The van der Waals surface area contributed by atoms with Crippen LogP contribution in [0.15, 0.2) is 12.4 Å². The van der Waals surface area contributed by atoms with E-state index in [9.17, 15) is 4.79 Å². The van der Waals surface area contributed by atoms with Gasteiger partial charge in [-0.2, -0.15) is 0 Å². The molecule has 1 fully saturated rings. The van der Waals surface area contributed by atoms with Crippen LogP contribution in [0.2, 0.25) is 0 Å². The van der Waals surface area contributed by atoms with E-state index in [2.05, 4.69) is 28.7 Å². The fourth-order valence-corrected chi connectivity index (χ4v) is 2.90. The molecule has 0 spiro atoms. The van der Waals surface area contributed by atoms with Crippen LogP contribution >= 0.6 is 0 Å². The maximum atomic E-state index is 12.5. The van der Waals surface area contributed by atoms with Crippen molar-refractivity contribution < 1.29 is 4.79 Å². The van der Waals surface area contributed by atoms with Gasteiger partial charge in [0.2, 0.25) is 5.95 Å². The molecule has 0 aromatic carbocycles. The quantitative estimate of drug-likeness (QED) is 0.810. The molecule has 1 aliphatic heterocycles. The molecule has 0 radical (unpaired) electrons. The Labute approximate surface area is 133 Å². The van der Waals surface area contributed by atoms with Gasteiger partial charge < -0.3 is 9.80 Å². The number of hydrogen-bond acceptors (Lipinski definition) is 4. The number of carbonyl (C=O) groups is 1. The lowest BCUT2D eigenvalue weighted by molar-refractivity contribution is 0.0754. The zero-order valence-electron chi connectivity index (χ0n) is 13.9. The molecule has 22 heavy (non-hydrogen) atoms. The molecule has 1 amide bonds. The molecular formula is C17H28N4O. The average molecular weight is 304 g/mol. The number of anilines is 1. The maximum Gasteiger partial charge on any atom is 0.256 e. The molecule has 0 N–H and O–H groups in total. The van der Waals surface area contributed by atoms with E-state index in [0.29, 0.717) is 5.56 Å². The Morgan fingerprint density at radius 2 is 1.59 bits per heavy atom. The predicted molar refractivity (Wildman–Crippen MR) is 89.2 cm³/mol. The molecule has 122 valence electrons. The minimum Gasteiger partial charge on any atom is -0.341 e. The lowest BCUT2D eigenvalue weighted by Crippen LogP contribution is -2.33. The number of hydrogen-bond donors (Lipinski definition) is 0. The van der Waals surface area contributed by atoms with Crippen LogP contribution in [0.3, 0.4) is 0 Å². The van der Waals surface area contributed by atoms with Crippen LogP contribution in [0.5, 0.6) is 0 Å². The molecule has 0 aliphatic carbocycles. The summed E-state index contributed by atoms with van der Waals surface area (Å²) in [5.74, 6) is 0.807. The van der Waals surface area contributed by atoms with Gasteiger partial charge in [0.1, 0.15) is 0 Å². The second-order valence-corrected chi connectivity index (χ2v) is 5.97. The smallest absolute Gasteiger partial charge is 0.256 e. The van der Waals surface area contributed by atoms with Crippen LogP contribution in [0, 0.1) is 0 Å². The van der Waals surface area contributed by atoms with Crippen LogP contribution in [-0.4, -0.2) is 47.0 Å². The Bertz CT molecular complexity index is 446. The molecule has 1 aliphatic rings. The molecule has 5 nitrogen and oxygen atoms in total. The molecule has 5 heteroatoms. The highest BCUT2D eigenvalue weighted by Gasteiger charge is 2.17. The summed E-state index contributed by atoms with van der Waals surface area (Å²) in [4.78, 5) is 25.5. The van der Waals surface area contributed by atoms with Gasteiger partial charge in [-0.05, 0) is 25.7 Å². The predicted octanol–water partition coefficient (Wildman–Crippen LogP) is 3.12. The second-order valence-electron chi connectivity index (χ2n) is 5.97. The number of carbonyl (C=O) groups excluding carboxylic acids is 1. The average Bonchev–Trinajstić information content (AvgIpc) is 2.83. The molecular weight excluding hydrogens is 276 g/mol. The summed E-state index contributed by atoms with van der Waals surface area (Å²) in [5.41, 5.74) is 0.598. The lowest BCUT2D eigenvalue weighted by Gasteiger charge is -2.22. The molecule has 1 aromatic heterocycles. The Hall–Kier alpha value is -1.65. The van der Waals surface area contributed by atoms with Crippen molar-refractivity contribution in [2.45, 2.75) is 52.4 Å². The fraction of sp³-hybridized carbons (Fsp3) is 0.706. The van der Waals surface area contributed by atoms with Gasteiger partial charge >= 0.3 is 0 Å². The molecule has 2 heterocycles. The first-order valence-electron chi connectivity index (χ1n) is 8.62. The largest absolute Gasteiger partial charge is 0.341 e. The Balaban J connectivity index is 2.04. The standard InChI is InChI=1S/C17H28N4O/c1-3-9-20(10-4-2)16(22)15-13-18-17(19-14-15)21-11-7-5-6-8-12-21/h13-14H,3-12H2,1-2H3. The van der Waals surface area contributed by atoms with E-state index in [1.54, 1.807) is 12.4 Å². The SMILES string of the molecule is CCCN(CCC)C(=O)c1cnc(N2CCCCCC2)nc1. The van der Waals surface area contributed by atoms with E-state index in [4.69, 9.17) is 0 Å². The van der Waals surface area contributed by atoms with Gasteiger partial charge in [0, 0.05) is 38.6 Å². The van der Waals surface area contributed by atoms with E-state index in [1.807, 2.05) is 4.90 Å². The third-order valence-electron chi connectivity index (χ3n) is 4.05. The normalized spacial score (nSPS) is 15.5. The van der Waals surface area contributed by atoms with Crippen LogP contribution < -0.4 is 4.90 Å². The van der Waals surface area contributed by atoms with E-state index in [-0.39, 0.29) is 5.91 Å². The molecule has 0 atom stereocenters. The van der Waals surface area contributed by atoms with Crippen molar-refractivity contribution in [2.75, 3.05) is 31.1 Å². The summed E-state index contributed by atoms with van der Waals surface area (Å²) in [7, 11) is 0. The first-order chi connectivity index (χ1) is 10.8. The molecule has 0 unspecified atom stereocenters. The van der Waals surface area contributed by atoms with Crippen LogP contribution in [0.1, 0.15) is 62.7 Å². The van der Waals surface area contributed by atoms with Gasteiger partial charge in [-0.3, -0.25) is 4.79 Å². The van der Waals surface area contributed by atoms with E-state index < -0.39 is 0 Å². The summed E-state index contributed by atoms with van der Waals surface area (Å²) < 4.78 is 0. The Morgan fingerprint density at radius 1 is 1.05 bits per heavy atom. The van der Waals surface area contributed by atoms with Crippen molar-refractivity contribution in [3.8, 4) is 0 Å². The monoisotopic (exact) mass is 304 g/mol. The summed E-state index contributed by atoms with van der Waals surface area (Å²) in [6.07, 6.45) is 10.3. The van der Waals surface area contributed by atoms with Gasteiger partial charge in [-0.1, -0.05) is 26.7 Å². The summed E-state index contributed by atoms with van der Waals surface area (Å²) in [5, 5.41) is 0. The van der Waals surface area contributed by atoms with E-state index in [1.165, 1.54) is 25.7 Å². The lowest BCUT2D eigenvalue weighted by atomic mass is 10.2. The van der Waals surface area contributed by atoms with Gasteiger partial charge in [-0.15, -0.1) is 0 Å². The van der Waals surface area contributed by atoms with E-state index >= 15 is 0 Å². The van der Waals surface area contributed by atoms with Crippen molar-refractivity contribution in [3.63, 3.8) is 0 Å². The number of aromatic nitrogens is 2. The van der Waals surface area contributed by atoms with Crippen molar-refractivity contribution >= 4 is 11.9 Å². The molecule has 2 rings (SSSR count). The van der Waals surface area contributed by atoms with Gasteiger partial charge in [0.15, 0.2) is 0 Å². The van der Waals surface area contributed by atoms with Crippen LogP contribution in [0.4, 0.5) is 5.95 Å². The van der Waals surface area contributed by atoms with E-state index in [0.717, 1.165) is 45.0 Å². The van der Waals surface area contributed by atoms with Gasteiger partial charge in [-0.25, -0.2) is 9.97 Å². The zero-order chi connectivity index (χ0) is 15.8. The summed E-state index contributed by atoms with van der Waals surface area (Å²) in [6.45, 7) is 7.81. The van der Waals surface area contributed by atoms with Crippen molar-refractivity contribution in [3.05, 3.63) is 18.0 Å². The zero-order valence-corrected chi connectivity index (χ0v) is 13.9. The van der Waals surface area contributed by atoms with Crippen molar-refractivity contribution in [1.82, 2.24) is 14.9 Å². The van der Waals surface area contributed by atoms with Crippen molar-refractivity contribution in [1.29, 1.82) is 0 Å². The van der Waals surface area contributed by atoms with Crippen molar-refractivity contribution in [2.24, 2.45) is 0 Å². The first-order valence-corrected chi connectivity index (χ1v) is 8.62. The number of rotatable bonds is 6. The fourth-order valence-electron chi connectivity index (χ4n) is 2.90. The molecule has 0 bridgehead atoms. The third-order valence-corrected chi connectivity index (χ3v) is 4.05.